The Kier molecular flexibility index (Phi) is 4.65. The largest absolute Gasteiger partial charge is 0.508 e. The second kappa shape index (κ2) is 6.27. The zero-order valence-electron chi connectivity index (χ0n) is 12.3. The molecule has 0 aromatic heterocycles. The van der Waals surface area contributed by atoms with Crippen LogP contribution in [0.1, 0.15) is 41.6 Å². The molecule has 1 aromatic rings. The Labute approximate surface area is 120 Å². The minimum absolute atomic E-state index is 0.0364. The highest BCUT2D eigenvalue weighted by atomic mass is 16.3. The van der Waals surface area contributed by atoms with E-state index >= 15 is 0 Å². The van der Waals surface area contributed by atoms with Crippen LogP contribution in [0.4, 0.5) is 0 Å². The number of nitrogens with two attached hydrogens (primary N) is 1. The first-order chi connectivity index (χ1) is 9.54. The van der Waals surface area contributed by atoms with Crippen LogP contribution in [0.3, 0.4) is 0 Å². The molecule has 2 unspecified atom stereocenters. The Morgan fingerprint density at radius 2 is 2.10 bits per heavy atom. The van der Waals surface area contributed by atoms with Crippen LogP contribution in [0.5, 0.6) is 5.75 Å². The predicted molar refractivity (Wildman–Crippen MR) is 79.7 cm³/mol. The fraction of sp³-hybridized carbons (Fsp3) is 0.562. The van der Waals surface area contributed by atoms with Crippen LogP contribution in [0.25, 0.3) is 0 Å². The molecule has 0 radical (unpaired) electrons. The number of carbonyl (C=O) groups excluding carboxylic acids is 1. The molecule has 1 aromatic carbocycles. The Morgan fingerprint density at radius 3 is 2.75 bits per heavy atom. The SMILES string of the molecule is Cc1ccc(C(=O)N(C)C2CCCCC2CN)cc1O. The van der Waals surface area contributed by atoms with E-state index in [1.807, 2.05) is 14.0 Å². The van der Waals surface area contributed by atoms with E-state index in [1.165, 1.54) is 6.42 Å². The number of aryl methyl sites for hydroxylation is 1. The smallest absolute Gasteiger partial charge is 0.253 e. The molecule has 20 heavy (non-hydrogen) atoms. The highest BCUT2D eigenvalue weighted by molar-refractivity contribution is 5.94. The topological polar surface area (TPSA) is 66.6 Å². The van der Waals surface area contributed by atoms with E-state index in [2.05, 4.69) is 0 Å². The van der Waals surface area contributed by atoms with E-state index in [9.17, 15) is 9.90 Å². The number of carbonyl (C=O) groups is 1. The number of rotatable bonds is 3. The maximum atomic E-state index is 12.5. The van der Waals surface area contributed by atoms with Crippen LogP contribution >= 0.6 is 0 Å². The van der Waals surface area contributed by atoms with E-state index < -0.39 is 0 Å². The average molecular weight is 276 g/mol. The van der Waals surface area contributed by atoms with Gasteiger partial charge < -0.3 is 15.7 Å². The number of hydrogen-bond donors (Lipinski definition) is 2. The normalized spacial score (nSPS) is 22.6. The van der Waals surface area contributed by atoms with Crippen molar-refractivity contribution in [2.45, 2.75) is 38.6 Å². The van der Waals surface area contributed by atoms with Crippen LogP contribution in [0.15, 0.2) is 18.2 Å². The van der Waals surface area contributed by atoms with E-state index in [1.54, 1.807) is 23.1 Å². The molecular weight excluding hydrogens is 252 g/mol. The van der Waals surface area contributed by atoms with Gasteiger partial charge in [0.25, 0.3) is 5.91 Å². The molecule has 4 nitrogen and oxygen atoms in total. The Bertz CT molecular complexity index is 487. The highest BCUT2D eigenvalue weighted by Gasteiger charge is 2.30. The summed E-state index contributed by atoms with van der Waals surface area (Å²) in [6, 6.07) is 5.31. The summed E-state index contributed by atoms with van der Waals surface area (Å²) in [5.41, 5.74) is 7.15. The third-order valence-electron chi connectivity index (χ3n) is 4.45. The quantitative estimate of drug-likeness (QED) is 0.890. The molecule has 2 atom stereocenters. The molecule has 4 heteroatoms. The standard InChI is InChI=1S/C16H24N2O2/c1-11-7-8-12(9-15(11)19)16(20)18(2)14-6-4-3-5-13(14)10-17/h7-9,13-14,19H,3-6,10,17H2,1-2H3. The summed E-state index contributed by atoms with van der Waals surface area (Å²) in [5.74, 6) is 0.519. The second-order valence-electron chi connectivity index (χ2n) is 5.76. The monoisotopic (exact) mass is 276 g/mol. The van der Waals surface area contributed by atoms with Crippen LogP contribution in [-0.2, 0) is 0 Å². The van der Waals surface area contributed by atoms with Crippen molar-refractivity contribution >= 4 is 5.91 Å². The maximum Gasteiger partial charge on any atom is 0.253 e. The minimum atomic E-state index is -0.0364. The van der Waals surface area contributed by atoms with Crippen LogP contribution < -0.4 is 5.73 Å². The molecule has 2 rings (SSSR count). The molecule has 3 N–H and O–H groups in total. The van der Waals surface area contributed by atoms with Gasteiger partial charge in [-0.2, -0.15) is 0 Å². The number of nitrogens with zero attached hydrogens (tertiary/aromatic N) is 1. The summed E-state index contributed by atoms with van der Waals surface area (Å²) >= 11 is 0. The lowest BCUT2D eigenvalue weighted by Gasteiger charge is -2.37. The molecule has 1 fully saturated rings. The van der Waals surface area contributed by atoms with E-state index in [0.29, 0.717) is 18.0 Å². The van der Waals surface area contributed by atoms with Gasteiger partial charge in [0.2, 0.25) is 0 Å². The summed E-state index contributed by atoms with van der Waals surface area (Å²) in [4.78, 5) is 14.3. The Hall–Kier alpha value is -1.55. The molecule has 1 aliphatic rings. The molecule has 0 saturated heterocycles. The zero-order chi connectivity index (χ0) is 14.7. The van der Waals surface area contributed by atoms with Crippen LogP contribution in [0.2, 0.25) is 0 Å². The lowest BCUT2D eigenvalue weighted by atomic mass is 9.83. The van der Waals surface area contributed by atoms with Gasteiger partial charge >= 0.3 is 0 Å². The first-order valence-electron chi connectivity index (χ1n) is 7.31. The molecule has 1 amide bonds. The number of phenolic OH excluding ortho intramolecular Hbond substituents is 1. The second-order valence-corrected chi connectivity index (χ2v) is 5.76. The van der Waals surface area contributed by atoms with Crippen molar-refractivity contribution in [1.82, 2.24) is 4.90 Å². The van der Waals surface area contributed by atoms with Crippen LogP contribution in [-0.4, -0.2) is 35.5 Å². The van der Waals surface area contributed by atoms with Crippen molar-refractivity contribution in [2.75, 3.05) is 13.6 Å². The number of phenols is 1. The Morgan fingerprint density at radius 1 is 1.40 bits per heavy atom. The van der Waals surface area contributed by atoms with Crippen molar-refractivity contribution in [3.8, 4) is 5.75 Å². The predicted octanol–water partition coefficient (Wildman–Crippen LogP) is 2.29. The zero-order valence-corrected chi connectivity index (χ0v) is 12.3. The number of aromatic hydroxyl groups is 1. The Balaban J connectivity index is 2.16. The fourth-order valence-electron chi connectivity index (χ4n) is 3.07. The van der Waals surface area contributed by atoms with E-state index in [0.717, 1.165) is 24.8 Å². The van der Waals surface area contributed by atoms with Gasteiger partial charge in [0.15, 0.2) is 0 Å². The molecule has 1 aliphatic carbocycles. The summed E-state index contributed by atoms with van der Waals surface area (Å²) in [6.45, 7) is 2.44. The van der Waals surface area contributed by atoms with Gasteiger partial charge in [-0.1, -0.05) is 18.9 Å². The van der Waals surface area contributed by atoms with Gasteiger partial charge in [0.05, 0.1) is 0 Å². The van der Waals surface area contributed by atoms with E-state index in [4.69, 9.17) is 5.73 Å². The summed E-state index contributed by atoms with van der Waals surface area (Å²) in [7, 11) is 1.85. The summed E-state index contributed by atoms with van der Waals surface area (Å²) in [6.07, 6.45) is 4.46. The summed E-state index contributed by atoms with van der Waals surface area (Å²) in [5, 5.41) is 9.75. The van der Waals surface area contributed by atoms with Gasteiger partial charge in [0.1, 0.15) is 5.75 Å². The van der Waals surface area contributed by atoms with Crippen LogP contribution in [0, 0.1) is 12.8 Å². The van der Waals surface area contributed by atoms with Gasteiger partial charge in [0, 0.05) is 18.7 Å². The lowest BCUT2D eigenvalue weighted by molar-refractivity contribution is 0.0620. The molecule has 0 aliphatic heterocycles. The number of benzene rings is 1. The molecule has 0 heterocycles. The first-order valence-corrected chi connectivity index (χ1v) is 7.31. The third-order valence-corrected chi connectivity index (χ3v) is 4.45. The molecular formula is C16H24N2O2. The number of amides is 1. The van der Waals surface area contributed by atoms with Crippen molar-refractivity contribution in [2.24, 2.45) is 11.7 Å². The lowest BCUT2D eigenvalue weighted by Crippen LogP contribution is -2.45. The van der Waals surface area contributed by atoms with Crippen molar-refractivity contribution in [3.05, 3.63) is 29.3 Å². The molecule has 0 spiro atoms. The van der Waals surface area contributed by atoms with Crippen molar-refractivity contribution in [3.63, 3.8) is 0 Å². The number of hydrogen-bond acceptors (Lipinski definition) is 3. The third kappa shape index (κ3) is 2.96. The van der Waals surface area contributed by atoms with Crippen molar-refractivity contribution in [1.29, 1.82) is 0 Å². The van der Waals surface area contributed by atoms with Gasteiger partial charge in [-0.15, -0.1) is 0 Å². The summed E-state index contributed by atoms with van der Waals surface area (Å²) < 4.78 is 0. The minimum Gasteiger partial charge on any atom is -0.508 e. The van der Waals surface area contributed by atoms with Gasteiger partial charge in [-0.3, -0.25) is 4.79 Å². The molecule has 0 bridgehead atoms. The molecule has 1 saturated carbocycles. The first kappa shape index (κ1) is 14.9. The average Bonchev–Trinajstić information content (AvgIpc) is 2.48. The van der Waals surface area contributed by atoms with Gasteiger partial charge in [-0.25, -0.2) is 0 Å². The fourth-order valence-corrected chi connectivity index (χ4v) is 3.07. The maximum absolute atomic E-state index is 12.5. The highest BCUT2D eigenvalue weighted by Crippen LogP contribution is 2.28. The van der Waals surface area contributed by atoms with Crippen molar-refractivity contribution < 1.29 is 9.90 Å². The molecule has 110 valence electrons. The van der Waals surface area contributed by atoms with Gasteiger partial charge in [-0.05, 0) is 49.9 Å². The van der Waals surface area contributed by atoms with E-state index in [-0.39, 0.29) is 17.7 Å².